The van der Waals surface area contributed by atoms with E-state index in [0.717, 1.165) is 44.8 Å². The summed E-state index contributed by atoms with van der Waals surface area (Å²) in [6.45, 7) is 6.05. The minimum atomic E-state index is 0.385. The van der Waals surface area contributed by atoms with Gasteiger partial charge in [-0.25, -0.2) is 0 Å². The Bertz CT molecular complexity index is 337. The zero-order valence-corrected chi connectivity index (χ0v) is 10.6. The van der Waals surface area contributed by atoms with Crippen LogP contribution in [0.2, 0.25) is 0 Å². The van der Waals surface area contributed by atoms with Crippen LogP contribution in [-0.2, 0) is 6.42 Å². The standard InChI is InChI=1S/C14H22N2O/c1-2-17-14-5-3-12(4-6-14)7-9-16-10-8-13(15)11-16/h3-6,13H,2,7-11,15H2,1H3/t13-/m1/s1. The predicted octanol–water partition coefficient (Wildman–Crippen LogP) is 1.66. The van der Waals surface area contributed by atoms with E-state index in [1.165, 1.54) is 5.56 Å². The normalized spacial score (nSPS) is 20.7. The predicted molar refractivity (Wildman–Crippen MR) is 70.3 cm³/mol. The monoisotopic (exact) mass is 234 g/mol. The average Bonchev–Trinajstić information content (AvgIpc) is 2.75. The largest absolute Gasteiger partial charge is 0.494 e. The van der Waals surface area contributed by atoms with Gasteiger partial charge in [0.15, 0.2) is 0 Å². The number of nitrogens with zero attached hydrogens (tertiary/aromatic N) is 1. The zero-order chi connectivity index (χ0) is 12.1. The summed E-state index contributed by atoms with van der Waals surface area (Å²) in [6, 6.07) is 8.79. The van der Waals surface area contributed by atoms with Gasteiger partial charge in [0, 0.05) is 19.1 Å². The lowest BCUT2D eigenvalue weighted by molar-refractivity contribution is 0.336. The number of hydrogen-bond donors (Lipinski definition) is 1. The first-order valence-electron chi connectivity index (χ1n) is 6.47. The van der Waals surface area contributed by atoms with Crippen molar-refractivity contribution < 1.29 is 4.74 Å². The summed E-state index contributed by atoms with van der Waals surface area (Å²) in [5.41, 5.74) is 7.26. The van der Waals surface area contributed by atoms with Crippen LogP contribution in [0.1, 0.15) is 18.9 Å². The van der Waals surface area contributed by atoms with Crippen molar-refractivity contribution in [3.05, 3.63) is 29.8 Å². The Hall–Kier alpha value is -1.06. The van der Waals surface area contributed by atoms with Gasteiger partial charge in [-0.05, 0) is 44.0 Å². The van der Waals surface area contributed by atoms with E-state index in [9.17, 15) is 0 Å². The van der Waals surface area contributed by atoms with Crippen molar-refractivity contribution in [1.29, 1.82) is 0 Å². The third-order valence-electron chi connectivity index (χ3n) is 3.26. The molecule has 0 bridgehead atoms. The third kappa shape index (κ3) is 3.72. The van der Waals surface area contributed by atoms with Crippen LogP contribution in [0.25, 0.3) is 0 Å². The van der Waals surface area contributed by atoms with E-state index in [-0.39, 0.29) is 0 Å². The molecular weight excluding hydrogens is 212 g/mol. The first kappa shape index (κ1) is 12.4. The van der Waals surface area contributed by atoms with Crippen molar-refractivity contribution in [2.45, 2.75) is 25.8 Å². The molecule has 1 fully saturated rings. The minimum Gasteiger partial charge on any atom is -0.494 e. The van der Waals surface area contributed by atoms with Crippen molar-refractivity contribution in [2.24, 2.45) is 5.73 Å². The number of hydrogen-bond acceptors (Lipinski definition) is 3. The van der Waals surface area contributed by atoms with Gasteiger partial charge in [-0.15, -0.1) is 0 Å². The van der Waals surface area contributed by atoms with Crippen LogP contribution in [0.15, 0.2) is 24.3 Å². The quantitative estimate of drug-likeness (QED) is 0.842. The lowest BCUT2D eigenvalue weighted by Gasteiger charge is -2.14. The molecule has 3 nitrogen and oxygen atoms in total. The number of likely N-dealkylation sites (tertiary alicyclic amines) is 1. The molecule has 1 aliphatic rings. The fourth-order valence-electron chi connectivity index (χ4n) is 2.27. The van der Waals surface area contributed by atoms with E-state index >= 15 is 0 Å². The second kappa shape index (κ2) is 6.03. The van der Waals surface area contributed by atoms with Gasteiger partial charge in [-0.2, -0.15) is 0 Å². The molecule has 1 saturated heterocycles. The second-order valence-electron chi connectivity index (χ2n) is 4.68. The van der Waals surface area contributed by atoms with Crippen LogP contribution >= 0.6 is 0 Å². The summed E-state index contributed by atoms with van der Waals surface area (Å²) in [5, 5.41) is 0. The summed E-state index contributed by atoms with van der Waals surface area (Å²) in [6.07, 6.45) is 2.24. The van der Waals surface area contributed by atoms with Crippen molar-refractivity contribution in [3.63, 3.8) is 0 Å². The number of benzene rings is 1. The Labute approximate surface area is 104 Å². The fraction of sp³-hybridized carbons (Fsp3) is 0.571. The molecule has 0 saturated carbocycles. The molecule has 0 unspecified atom stereocenters. The Balaban J connectivity index is 1.78. The van der Waals surface area contributed by atoms with E-state index in [0.29, 0.717) is 6.04 Å². The molecule has 0 radical (unpaired) electrons. The van der Waals surface area contributed by atoms with Crippen molar-refractivity contribution >= 4 is 0 Å². The molecule has 2 rings (SSSR count). The van der Waals surface area contributed by atoms with Gasteiger partial charge in [0.1, 0.15) is 5.75 Å². The highest BCUT2D eigenvalue weighted by atomic mass is 16.5. The molecule has 1 aromatic rings. The molecule has 1 atom stereocenters. The number of ether oxygens (including phenoxy) is 1. The molecule has 0 amide bonds. The van der Waals surface area contributed by atoms with Crippen LogP contribution in [0, 0.1) is 0 Å². The summed E-state index contributed by atoms with van der Waals surface area (Å²) in [7, 11) is 0. The molecular formula is C14H22N2O. The molecule has 0 aliphatic carbocycles. The van der Waals surface area contributed by atoms with Crippen LogP contribution in [0.4, 0.5) is 0 Å². The van der Waals surface area contributed by atoms with E-state index in [2.05, 4.69) is 29.2 Å². The van der Waals surface area contributed by atoms with Gasteiger partial charge in [0.05, 0.1) is 6.61 Å². The molecule has 0 aromatic heterocycles. The summed E-state index contributed by atoms with van der Waals surface area (Å²) in [5.74, 6) is 0.958. The smallest absolute Gasteiger partial charge is 0.119 e. The minimum absolute atomic E-state index is 0.385. The van der Waals surface area contributed by atoms with Gasteiger partial charge in [0.2, 0.25) is 0 Å². The SMILES string of the molecule is CCOc1ccc(CCN2CC[C@@H](N)C2)cc1. The highest BCUT2D eigenvalue weighted by molar-refractivity contribution is 5.27. The summed E-state index contributed by atoms with van der Waals surface area (Å²) in [4.78, 5) is 2.45. The van der Waals surface area contributed by atoms with Crippen LogP contribution in [0.5, 0.6) is 5.75 Å². The van der Waals surface area contributed by atoms with Crippen LogP contribution in [0.3, 0.4) is 0 Å². The molecule has 2 N–H and O–H groups in total. The second-order valence-corrected chi connectivity index (χ2v) is 4.68. The Kier molecular flexibility index (Phi) is 4.40. The molecule has 17 heavy (non-hydrogen) atoms. The Morgan fingerprint density at radius 1 is 1.35 bits per heavy atom. The zero-order valence-electron chi connectivity index (χ0n) is 10.6. The molecule has 1 aromatic carbocycles. The van der Waals surface area contributed by atoms with Crippen molar-refractivity contribution in [1.82, 2.24) is 4.90 Å². The highest BCUT2D eigenvalue weighted by Crippen LogP contribution is 2.14. The lowest BCUT2D eigenvalue weighted by Crippen LogP contribution is -2.28. The van der Waals surface area contributed by atoms with Gasteiger partial charge >= 0.3 is 0 Å². The van der Waals surface area contributed by atoms with E-state index in [4.69, 9.17) is 10.5 Å². The average molecular weight is 234 g/mol. The molecule has 0 spiro atoms. The van der Waals surface area contributed by atoms with E-state index in [1.54, 1.807) is 0 Å². The Morgan fingerprint density at radius 3 is 2.71 bits per heavy atom. The van der Waals surface area contributed by atoms with Crippen LogP contribution < -0.4 is 10.5 Å². The molecule has 1 aliphatic heterocycles. The highest BCUT2D eigenvalue weighted by Gasteiger charge is 2.18. The van der Waals surface area contributed by atoms with Gasteiger partial charge in [0.25, 0.3) is 0 Å². The first-order valence-corrected chi connectivity index (χ1v) is 6.47. The Morgan fingerprint density at radius 2 is 2.12 bits per heavy atom. The van der Waals surface area contributed by atoms with Crippen molar-refractivity contribution in [2.75, 3.05) is 26.2 Å². The van der Waals surface area contributed by atoms with Crippen molar-refractivity contribution in [3.8, 4) is 5.75 Å². The van der Waals surface area contributed by atoms with Gasteiger partial charge in [-0.3, -0.25) is 0 Å². The van der Waals surface area contributed by atoms with Crippen LogP contribution in [-0.4, -0.2) is 37.2 Å². The first-order chi connectivity index (χ1) is 8.28. The summed E-state index contributed by atoms with van der Waals surface area (Å²) < 4.78 is 5.43. The maximum Gasteiger partial charge on any atom is 0.119 e. The maximum absolute atomic E-state index is 5.89. The van der Waals surface area contributed by atoms with E-state index in [1.807, 2.05) is 6.92 Å². The van der Waals surface area contributed by atoms with E-state index < -0.39 is 0 Å². The fourth-order valence-corrected chi connectivity index (χ4v) is 2.27. The van der Waals surface area contributed by atoms with Gasteiger partial charge < -0.3 is 15.4 Å². The topological polar surface area (TPSA) is 38.5 Å². The molecule has 1 heterocycles. The third-order valence-corrected chi connectivity index (χ3v) is 3.26. The number of rotatable bonds is 5. The lowest BCUT2D eigenvalue weighted by atomic mass is 10.1. The molecule has 3 heteroatoms. The van der Waals surface area contributed by atoms with Gasteiger partial charge in [-0.1, -0.05) is 12.1 Å². The summed E-state index contributed by atoms with van der Waals surface area (Å²) >= 11 is 0. The number of nitrogens with two attached hydrogens (primary N) is 1. The molecule has 94 valence electrons. The maximum atomic E-state index is 5.89.